The molecule has 0 aliphatic rings. The summed E-state index contributed by atoms with van der Waals surface area (Å²) in [5.41, 5.74) is -0.210. The number of benzene rings is 1. The molecular weight excluding hydrogens is 212 g/mol. The van der Waals surface area contributed by atoms with Gasteiger partial charge in [-0.2, -0.15) is 0 Å². The number of hydrogen-bond acceptors (Lipinski definition) is 3. The average molecular weight is 220 g/mol. The maximum absolute atomic E-state index is 11.6. The van der Waals surface area contributed by atoms with Crippen molar-refractivity contribution in [3.8, 4) is 5.69 Å². The highest BCUT2D eigenvalue weighted by Crippen LogP contribution is 2.01. The van der Waals surface area contributed by atoms with E-state index in [4.69, 9.17) is 0 Å². The van der Waals surface area contributed by atoms with Crippen LogP contribution in [0.25, 0.3) is 5.69 Å². The van der Waals surface area contributed by atoms with Crippen molar-refractivity contribution in [2.75, 3.05) is 0 Å². The Morgan fingerprint density at radius 2 is 1.67 bits per heavy atom. The first kappa shape index (κ1) is 9.79. The van der Waals surface area contributed by atoms with Gasteiger partial charge in [0.2, 0.25) is 0 Å². The average Bonchev–Trinajstić information content (AvgIpc) is 2.27. The van der Waals surface area contributed by atoms with Crippen molar-refractivity contribution < 1.29 is 0 Å². The number of aromatic nitrogens is 2. The van der Waals surface area contributed by atoms with Gasteiger partial charge in [0.05, 0.1) is 5.69 Å². The van der Waals surface area contributed by atoms with Gasteiger partial charge in [-0.1, -0.05) is 31.0 Å². The number of hydrogen-bond donors (Lipinski definition) is 1. The molecule has 76 valence electrons. The summed E-state index contributed by atoms with van der Waals surface area (Å²) in [5, 5.41) is 0. The highest BCUT2D eigenvalue weighted by atomic mass is 32.1. The summed E-state index contributed by atoms with van der Waals surface area (Å²) in [5.74, 6) is 0. The predicted octanol–water partition coefficient (Wildman–Crippen LogP) is 0.692. The zero-order chi connectivity index (χ0) is 10.8. The molecule has 1 aromatic heterocycles. The van der Waals surface area contributed by atoms with Crippen LogP contribution in [0.5, 0.6) is 0 Å². The van der Waals surface area contributed by atoms with E-state index in [2.05, 4.69) is 12.8 Å². The van der Waals surface area contributed by atoms with E-state index in [1.807, 2.05) is 18.2 Å². The minimum absolute atomic E-state index is 0.435. The van der Waals surface area contributed by atoms with Crippen molar-refractivity contribution in [3.05, 3.63) is 63.4 Å². The first-order chi connectivity index (χ1) is 7.20. The van der Waals surface area contributed by atoms with Gasteiger partial charge in [-0.3, -0.25) is 9.36 Å². The van der Waals surface area contributed by atoms with Gasteiger partial charge in [0.15, 0.2) is 0 Å². The van der Waals surface area contributed by atoms with E-state index in [1.54, 1.807) is 12.1 Å². The second-order valence-electron chi connectivity index (χ2n) is 2.95. The van der Waals surface area contributed by atoms with Crippen LogP contribution in [0, 0.1) is 0 Å². The van der Waals surface area contributed by atoms with Gasteiger partial charge < -0.3 is 0 Å². The molecule has 0 aliphatic heterocycles. The zero-order valence-corrected chi connectivity index (χ0v) is 8.59. The molecule has 1 aromatic carbocycles. The van der Waals surface area contributed by atoms with E-state index in [-0.39, 0.29) is 0 Å². The summed E-state index contributed by atoms with van der Waals surface area (Å²) >= 11 is 3.80. The van der Waals surface area contributed by atoms with Gasteiger partial charge in [-0.25, -0.2) is 8.77 Å². The molecule has 0 atom stereocenters. The molecule has 0 aliphatic carbocycles. The first-order valence-electron chi connectivity index (χ1n) is 4.29. The number of thiol groups is 1. The molecule has 0 fully saturated rings. The molecule has 0 bridgehead atoms. The summed E-state index contributed by atoms with van der Waals surface area (Å²) in [6, 6.07) is 10.3. The zero-order valence-electron chi connectivity index (χ0n) is 7.70. The molecule has 0 saturated heterocycles. The van der Waals surface area contributed by atoms with Crippen molar-refractivity contribution >= 4 is 12.8 Å². The summed E-state index contributed by atoms with van der Waals surface area (Å²) < 4.78 is 2.13. The third-order valence-corrected chi connectivity index (χ3v) is 2.36. The molecule has 0 radical (unpaired) electrons. The molecule has 0 amide bonds. The smallest absolute Gasteiger partial charge is 0.268 e. The van der Waals surface area contributed by atoms with E-state index in [0.29, 0.717) is 5.69 Å². The van der Waals surface area contributed by atoms with Crippen LogP contribution in [-0.4, -0.2) is 8.54 Å². The van der Waals surface area contributed by atoms with Gasteiger partial charge in [-0.05, 0) is 12.1 Å². The summed E-state index contributed by atoms with van der Waals surface area (Å²) in [6.45, 7) is 0. The number of rotatable bonds is 1. The fraction of sp³-hybridized carbons (Fsp3) is 0. The lowest BCUT2D eigenvalue weighted by Crippen LogP contribution is -2.33. The van der Waals surface area contributed by atoms with Crippen LogP contribution in [0.2, 0.25) is 0 Å². The van der Waals surface area contributed by atoms with Crippen LogP contribution in [-0.2, 0) is 0 Å². The van der Waals surface area contributed by atoms with Gasteiger partial charge in [0.25, 0.3) is 5.56 Å². The first-order valence-corrected chi connectivity index (χ1v) is 4.69. The third kappa shape index (κ3) is 1.73. The standard InChI is InChI=1S/C10H8N2O2S/c13-9-6-7-11(10(14)12(9)15)8-4-2-1-3-5-8/h1-7,15H. The summed E-state index contributed by atoms with van der Waals surface area (Å²) in [4.78, 5) is 22.7. The van der Waals surface area contributed by atoms with Crippen LogP contribution < -0.4 is 11.2 Å². The van der Waals surface area contributed by atoms with Crippen LogP contribution in [0.15, 0.2) is 52.2 Å². The molecular formula is C10H8N2O2S. The number of para-hydroxylation sites is 1. The lowest BCUT2D eigenvalue weighted by Gasteiger charge is -2.05. The fourth-order valence-electron chi connectivity index (χ4n) is 1.25. The Morgan fingerprint density at radius 1 is 1.00 bits per heavy atom. The predicted molar refractivity (Wildman–Crippen MR) is 60.7 cm³/mol. The Balaban J connectivity index is 2.71. The molecule has 2 aromatic rings. The van der Waals surface area contributed by atoms with E-state index < -0.39 is 11.2 Å². The normalized spacial score (nSPS) is 10.2. The minimum atomic E-state index is -0.475. The van der Waals surface area contributed by atoms with E-state index in [0.717, 1.165) is 3.97 Å². The Hall–Kier alpha value is -1.75. The molecule has 15 heavy (non-hydrogen) atoms. The summed E-state index contributed by atoms with van der Waals surface area (Å²) in [6.07, 6.45) is 1.44. The Morgan fingerprint density at radius 3 is 2.33 bits per heavy atom. The maximum atomic E-state index is 11.6. The lowest BCUT2D eigenvalue weighted by molar-refractivity contribution is 0.868. The quantitative estimate of drug-likeness (QED) is 0.719. The maximum Gasteiger partial charge on any atom is 0.345 e. The molecule has 0 unspecified atom stereocenters. The molecule has 0 spiro atoms. The lowest BCUT2D eigenvalue weighted by atomic mass is 10.3. The van der Waals surface area contributed by atoms with Gasteiger partial charge in [-0.15, -0.1) is 0 Å². The van der Waals surface area contributed by atoms with E-state index in [9.17, 15) is 9.59 Å². The fourth-order valence-corrected chi connectivity index (χ4v) is 1.42. The minimum Gasteiger partial charge on any atom is -0.268 e. The van der Waals surface area contributed by atoms with Crippen molar-refractivity contribution in [1.29, 1.82) is 0 Å². The SMILES string of the molecule is O=c1ccn(-c2ccccc2)c(=O)n1S. The topological polar surface area (TPSA) is 44.0 Å². The highest BCUT2D eigenvalue weighted by Gasteiger charge is 2.02. The van der Waals surface area contributed by atoms with Crippen molar-refractivity contribution in [2.45, 2.75) is 0 Å². The Labute approximate surface area is 91.0 Å². The van der Waals surface area contributed by atoms with Crippen LogP contribution in [0.3, 0.4) is 0 Å². The van der Waals surface area contributed by atoms with Crippen molar-refractivity contribution in [3.63, 3.8) is 0 Å². The molecule has 0 saturated carbocycles. The van der Waals surface area contributed by atoms with Crippen LogP contribution >= 0.6 is 12.8 Å². The molecule has 5 heteroatoms. The van der Waals surface area contributed by atoms with E-state index >= 15 is 0 Å². The van der Waals surface area contributed by atoms with E-state index in [1.165, 1.54) is 16.8 Å². The number of nitrogens with zero attached hydrogens (tertiary/aromatic N) is 2. The van der Waals surface area contributed by atoms with Gasteiger partial charge >= 0.3 is 5.69 Å². The van der Waals surface area contributed by atoms with Crippen molar-refractivity contribution in [2.24, 2.45) is 0 Å². The molecule has 4 nitrogen and oxygen atoms in total. The summed E-state index contributed by atoms with van der Waals surface area (Å²) in [7, 11) is 0. The second kappa shape index (κ2) is 3.78. The monoisotopic (exact) mass is 220 g/mol. The van der Waals surface area contributed by atoms with Crippen molar-refractivity contribution in [1.82, 2.24) is 8.54 Å². The Bertz CT molecular complexity index is 586. The molecule has 0 N–H and O–H groups in total. The molecule has 2 rings (SSSR count). The molecule has 1 heterocycles. The van der Waals surface area contributed by atoms with Crippen LogP contribution in [0.4, 0.5) is 0 Å². The van der Waals surface area contributed by atoms with Gasteiger partial charge in [0, 0.05) is 12.3 Å². The largest absolute Gasteiger partial charge is 0.345 e. The second-order valence-corrected chi connectivity index (χ2v) is 3.35. The highest BCUT2D eigenvalue weighted by molar-refractivity contribution is 7.78. The van der Waals surface area contributed by atoms with Gasteiger partial charge in [0.1, 0.15) is 0 Å². The van der Waals surface area contributed by atoms with Crippen LogP contribution in [0.1, 0.15) is 0 Å². The Kier molecular flexibility index (Phi) is 2.47. The third-order valence-electron chi connectivity index (χ3n) is 2.00.